The Balaban J connectivity index is 1.81. The van der Waals surface area contributed by atoms with Gasteiger partial charge in [-0.1, -0.05) is 0 Å². The lowest BCUT2D eigenvalue weighted by Gasteiger charge is -2.11. The minimum Gasteiger partial charge on any atom is -0.497 e. The van der Waals surface area contributed by atoms with Gasteiger partial charge in [-0.3, -0.25) is 9.59 Å². The molecule has 2 aromatic carbocycles. The van der Waals surface area contributed by atoms with Gasteiger partial charge in [0.1, 0.15) is 28.0 Å². The van der Waals surface area contributed by atoms with Crippen LogP contribution in [0.15, 0.2) is 42.5 Å². The van der Waals surface area contributed by atoms with Crippen LogP contribution in [-0.4, -0.2) is 52.8 Å². The lowest BCUT2D eigenvalue weighted by Crippen LogP contribution is -2.21. The fourth-order valence-corrected chi connectivity index (χ4v) is 4.35. The number of carbonyl (C=O) groups excluding carboxylic acids is 3. The molecule has 0 bridgehead atoms. The highest BCUT2D eigenvalue weighted by Crippen LogP contribution is 2.36. The van der Waals surface area contributed by atoms with Crippen molar-refractivity contribution in [3.8, 4) is 23.0 Å². The Bertz CT molecular complexity index is 1250. The number of thiophene rings is 1. The van der Waals surface area contributed by atoms with Crippen molar-refractivity contribution in [3.63, 3.8) is 0 Å². The van der Waals surface area contributed by atoms with Crippen LogP contribution in [0.25, 0.3) is 0 Å². The summed E-state index contributed by atoms with van der Waals surface area (Å²) >= 11 is 0.947. The maximum atomic E-state index is 13.1. The molecule has 0 fully saturated rings. The highest BCUT2D eigenvalue weighted by molar-refractivity contribution is 7.19. The van der Waals surface area contributed by atoms with Gasteiger partial charge in [0.25, 0.3) is 11.8 Å². The molecule has 36 heavy (non-hydrogen) atoms. The van der Waals surface area contributed by atoms with E-state index in [1.54, 1.807) is 56.5 Å². The predicted octanol–water partition coefficient (Wildman–Crippen LogP) is 4.14. The molecule has 0 unspecified atom stereocenters. The van der Waals surface area contributed by atoms with Crippen molar-refractivity contribution < 1.29 is 38.1 Å². The van der Waals surface area contributed by atoms with Gasteiger partial charge in [0.15, 0.2) is 6.61 Å². The zero-order valence-electron chi connectivity index (χ0n) is 20.4. The van der Waals surface area contributed by atoms with Crippen LogP contribution in [0.5, 0.6) is 23.0 Å². The molecule has 0 spiro atoms. The summed E-state index contributed by atoms with van der Waals surface area (Å²) in [7, 11) is 5.75. The van der Waals surface area contributed by atoms with Crippen molar-refractivity contribution >= 4 is 39.8 Å². The molecule has 0 aliphatic carbocycles. The van der Waals surface area contributed by atoms with Crippen LogP contribution in [0, 0.1) is 6.92 Å². The smallest absolute Gasteiger partial charge is 0.341 e. The summed E-state index contributed by atoms with van der Waals surface area (Å²) in [5.74, 6) is 0.371. The second-order valence-corrected chi connectivity index (χ2v) is 8.31. The molecule has 0 aliphatic heterocycles. The molecule has 2 amide bonds. The predicted molar refractivity (Wildman–Crippen MR) is 135 cm³/mol. The zero-order valence-corrected chi connectivity index (χ0v) is 21.2. The van der Waals surface area contributed by atoms with Gasteiger partial charge < -0.3 is 34.3 Å². The second-order valence-electron chi connectivity index (χ2n) is 7.28. The zero-order chi connectivity index (χ0) is 26.2. The normalized spacial score (nSPS) is 10.2. The molecule has 0 saturated carbocycles. The molecule has 1 aromatic heterocycles. The lowest BCUT2D eigenvalue weighted by atomic mass is 10.1. The molecular weight excluding hydrogens is 488 g/mol. The van der Waals surface area contributed by atoms with E-state index >= 15 is 0 Å². The number of carbonyl (C=O) groups is 3. The standard InChI is InChI=1S/C25H26N2O8S/c1-14-21(25(30)34-5)24(27-20(28)13-35-16-8-6-15(31-2)7-9-16)36-22(14)23(29)26-18-12-17(32-3)10-11-19(18)33-4/h6-12H,13H2,1-5H3,(H,26,29)(H,27,28). The fraction of sp³-hybridized carbons (Fsp3) is 0.240. The molecule has 0 atom stereocenters. The number of ether oxygens (including phenoxy) is 5. The Hall–Kier alpha value is -4.25. The van der Waals surface area contributed by atoms with E-state index in [2.05, 4.69) is 10.6 Å². The van der Waals surface area contributed by atoms with Crippen molar-refractivity contribution in [2.24, 2.45) is 0 Å². The summed E-state index contributed by atoms with van der Waals surface area (Å²) < 4.78 is 26.0. The summed E-state index contributed by atoms with van der Waals surface area (Å²) in [6.45, 7) is 1.29. The second kappa shape index (κ2) is 11.9. The Labute approximate surface area is 212 Å². The van der Waals surface area contributed by atoms with Crippen LogP contribution in [0.4, 0.5) is 10.7 Å². The number of esters is 1. The molecule has 190 valence electrons. The summed E-state index contributed by atoms with van der Waals surface area (Å²) in [5.41, 5.74) is 0.827. The lowest BCUT2D eigenvalue weighted by molar-refractivity contribution is -0.118. The van der Waals surface area contributed by atoms with Crippen LogP contribution >= 0.6 is 11.3 Å². The molecule has 2 N–H and O–H groups in total. The quantitative estimate of drug-likeness (QED) is 0.387. The molecule has 0 radical (unpaired) electrons. The van der Waals surface area contributed by atoms with Gasteiger partial charge in [-0.05, 0) is 48.9 Å². The molecule has 0 aliphatic rings. The van der Waals surface area contributed by atoms with E-state index in [9.17, 15) is 14.4 Å². The number of anilines is 2. The Morgan fingerprint density at radius 3 is 2.08 bits per heavy atom. The van der Waals surface area contributed by atoms with Crippen molar-refractivity contribution in [1.29, 1.82) is 0 Å². The Kier molecular flexibility index (Phi) is 8.74. The van der Waals surface area contributed by atoms with E-state index in [1.165, 1.54) is 21.3 Å². The van der Waals surface area contributed by atoms with Gasteiger partial charge >= 0.3 is 5.97 Å². The van der Waals surface area contributed by atoms with E-state index in [0.717, 1.165) is 11.3 Å². The summed E-state index contributed by atoms with van der Waals surface area (Å²) in [4.78, 5) is 38.4. The first-order valence-corrected chi connectivity index (χ1v) is 11.4. The van der Waals surface area contributed by atoms with Crippen LogP contribution < -0.4 is 29.6 Å². The van der Waals surface area contributed by atoms with Gasteiger partial charge in [-0.15, -0.1) is 11.3 Å². The first-order valence-electron chi connectivity index (χ1n) is 10.6. The number of methoxy groups -OCH3 is 4. The maximum absolute atomic E-state index is 13.1. The van der Waals surface area contributed by atoms with E-state index in [4.69, 9.17) is 23.7 Å². The highest BCUT2D eigenvalue weighted by atomic mass is 32.1. The van der Waals surface area contributed by atoms with E-state index in [-0.39, 0.29) is 22.0 Å². The fourth-order valence-electron chi connectivity index (χ4n) is 3.24. The number of hydrogen-bond acceptors (Lipinski definition) is 9. The molecule has 10 nitrogen and oxygen atoms in total. The highest BCUT2D eigenvalue weighted by Gasteiger charge is 2.27. The average molecular weight is 515 g/mol. The number of hydrogen-bond donors (Lipinski definition) is 2. The number of benzene rings is 2. The summed E-state index contributed by atoms with van der Waals surface area (Å²) in [5, 5.41) is 5.58. The largest absolute Gasteiger partial charge is 0.497 e. The minimum absolute atomic E-state index is 0.0862. The molecule has 3 rings (SSSR count). The van der Waals surface area contributed by atoms with E-state index in [0.29, 0.717) is 34.2 Å². The number of rotatable bonds is 10. The molecular formula is C25H26N2O8S. The average Bonchev–Trinajstić information content (AvgIpc) is 3.22. The topological polar surface area (TPSA) is 121 Å². The van der Waals surface area contributed by atoms with Gasteiger partial charge in [0.2, 0.25) is 0 Å². The number of amides is 2. The van der Waals surface area contributed by atoms with Crippen LogP contribution in [0.2, 0.25) is 0 Å². The third kappa shape index (κ3) is 6.05. The van der Waals surface area contributed by atoms with Gasteiger partial charge in [-0.25, -0.2) is 4.79 Å². The van der Waals surface area contributed by atoms with Crippen LogP contribution in [0.3, 0.4) is 0 Å². The molecule has 1 heterocycles. The summed E-state index contributed by atoms with van der Waals surface area (Å²) in [6.07, 6.45) is 0. The van der Waals surface area contributed by atoms with Crippen molar-refractivity contribution in [2.75, 3.05) is 45.7 Å². The van der Waals surface area contributed by atoms with Crippen molar-refractivity contribution in [1.82, 2.24) is 0 Å². The SMILES string of the molecule is COC(=O)c1c(NC(=O)COc2ccc(OC)cc2)sc(C(=O)Nc2cc(OC)ccc2OC)c1C. The Morgan fingerprint density at radius 2 is 1.47 bits per heavy atom. The first kappa shape index (κ1) is 26.4. The van der Waals surface area contributed by atoms with Crippen LogP contribution in [0.1, 0.15) is 25.6 Å². The van der Waals surface area contributed by atoms with Gasteiger partial charge in [0, 0.05) is 6.07 Å². The molecule has 0 saturated heterocycles. The van der Waals surface area contributed by atoms with E-state index in [1.807, 2.05) is 0 Å². The maximum Gasteiger partial charge on any atom is 0.341 e. The molecule has 3 aromatic rings. The van der Waals surface area contributed by atoms with E-state index < -0.39 is 17.8 Å². The van der Waals surface area contributed by atoms with Crippen molar-refractivity contribution in [2.45, 2.75) is 6.92 Å². The number of nitrogens with one attached hydrogen (secondary N) is 2. The minimum atomic E-state index is -0.687. The monoisotopic (exact) mass is 514 g/mol. The van der Waals surface area contributed by atoms with Gasteiger partial charge in [-0.2, -0.15) is 0 Å². The van der Waals surface area contributed by atoms with Crippen LogP contribution in [-0.2, 0) is 9.53 Å². The Morgan fingerprint density at radius 1 is 0.833 bits per heavy atom. The first-order chi connectivity index (χ1) is 17.3. The van der Waals surface area contributed by atoms with Gasteiger partial charge in [0.05, 0.1) is 44.6 Å². The van der Waals surface area contributed by atoms with Crippen molar-refractivity contribution in [3.05, 3.63) is 58.5 Å². The summed E-state index contributed by atoms with van der Waals surface area (Å²) in [6, 6.07) is 11.7. The third-order valence-electron chi connectivity index (χ3n) is 5.08. The molecule has 11 heteroatoms. The third-order valence-corrected chi connectivity index (χ3v) is 6.29.